The second-order valence-electron chi connectivity index (χ2n) is 7.89. The van der Waals surface area contributed by atoms with Crippen LogP contribution in [0.4, 0.5) is 13.2 Å². The van der Waals surface area contributed by atoms with E-state index in [1.807, 2.05) is 12.1 Å². The van der Waals surface area contributed by atoms with E-state index in [-0.39, 0.29) is 12.4 Å². The van der Waals surface area contributed by atoms with Gasteiger partial charge in [-0.25, -0.2) is 0 Å². The maximum absolute atomic E-state index is 12.7. The molecule has 0 amide bonds. The highest BCUT2D eigenvalue weighted by Crippen LogP contribution is 2.43. The summed E-state index contributed by atoms with van der Waals surface area (Å²) in [6.45, 7) is 4.70. The molecule has 1 aliphatic rings. The zero-order valence-electron chi connectivity index (χ0n) is 17.6. The summed E-state index contributed by atoms with van der Waals surface area (Å²) in [5.41, 5.74) is 5.24. The lowest BCUT2D eigenvalue weighted by Gasteiger charge is -2.36. The quantitative estimate of drug-likeness (QED) is 0.512. The Bertz CT molecular complexity index is 1090. The minimum atomic E-state index is -4.73. The fraction of sp³-hybridized carbons (Fsp3) is 0.417. The molecule has 0 bridgehead atoms. The Hall–Kier alpha value is -2.51. The van der Waals surface area contributed by atoms with Gasteiger partial charge in [-0.1, -0.05) is 26.0 Å². The second kappa shape index (κ2) is 8.20. The fourth-order valence-electron chi connectivity index (χ4n) is 4.64. The first-order valence-electron chi connectivity index (χ1n) is 10.6. The summed E-state index contributed by atoms with van der Waals surface area (Å²) in [6.07, 6.45) is -1.98. The number of halogens is 3. The lowest BCUT2D eigenvalue weighted by Crippen LogP contribution is -2.36. The van der Waals surface area contributed by atoms with Gasteiger partial charge < -0.3 is 19.6 Å². The van der Waals surface area contributed by atoms with Crippen LogP contribution in [0.1, 0.15) is 43.5 Å². The zero-order chi connectivity index (χ0) is 22.2. The maximum Gasteiger partial charge on any atom is 0.573 e. The third kappa shape index (κ3) is 4.04. The molecule has 0 spiro atoms. The van der Waals surface area contributed by atoms with E-state index in [1.165, 1.54) is 12.1 Å². The van der Waals surface area contributed by atoms with Gasteiger partial charge in [0.25, 0.3) is 0 Å². The summed E-state index contributed by atoms with van der Waals surface area (Å²) >= 11 is 0. The van der Waals surface area contributed by atoms with Crippen LogP contribution in [0.2, 0.25) is 0 Å². The van der Waals surface area contributed by atoms with Gasteiger partial charge in [0.15, 0.2) is 0 Å². The number of hydrogen-bond donors (Lipinski definition) is 2. The topological polar surface area (TPSA) is 54.5 Å². The number of aliphatic hydroxyl groups is 1. The van der Waals surface area contributed by atoms with Crippen LogP contribution in [0, 0.1) is 0 Å². The van der Waals surface area contributed by atoms with Crippen LogP contribution in [0.5, 0.6) is 5.75 Å². The maximum atomic E-state index is 12.7. The Labute approximate surface area is 179 Å². The fourth-order valence-corrected chi connectivity index (χ4v) is 4.64. The van der Waals surface area contributed by atoms with Crippen molar-refractivity contribution in [1.29, 1.82) is 0 Å². The molecule has 0 saturated carbocycles. The SMILES string of the molecule is CCc1cc(-c2cccc(OC(F)(F)F)c2)cc2c3c([nH]c12)C(CC)(CCO)OCC3. The van der Waals surface area contributed by atoms with E-state index in [1.54, 1.807) is 12.1 Å². The van der Waals surface area contributed by atoms with E-state index in [9.17, 15) is 18.3 Å². The number of alkyl halides is 3. The van der Waals surface area contributed by atoms with Crippen molar-refractivity contribution in [3.05, 3.63) is 53.2 Å². The van der Waals surface area contributed by atoms with Gasteiger partial charge >= 0.3 is 6.36 Å². The first-order chi connectivity index (χ1) is 14.8. The third-order valence-corrected chi connectivity index (χ3v) is 6.15. The van der Waals surface area contributed by atoms with Crippen LogP contribution in [-0.4, -0.2) is 29.7 Å². The number of nitrogens with one attached hydrogen (secondary N) is 1. The van der Waals surface area contributed by atoms with Gasteiger partial charge in [0.1, 0.15) is 11.4 Å². The molecular formula is C24H26F3NO3. The Morgan fingerprint density at radius 1 is 1.16 bits per heavy atom. The number of aliphatic hydroxyl groups excluding tert-OH is 1. The first-order valence-corrected chi connectivity index (χ1v) is 10.6. The van der Waals surface area contributed by atoms with E-state index in [0.717, 1.165) is 52.5 Å². The molecule has 4 nitrogen and oxygen atoms in total. The van der Waals surface area contributed by atoms with Crippen molar-refractivity contribution in [2.75, 3.05) is 13.2 Å². The standard InChI is InChI=1S/C24H26F3NO3/c1-3-15-12-17(16-6-5-7-18(13-16)31-24(25,26)27)14-20-19-8-11-30-23(4-2,9-10-29)22(19)28-21(15)20/h5-7,12-14,28-29H,3-4,8-11H2,1-2H3. The largest absolute Gasteiger partial charge is 0.573 e. The number of aromatic amines is 1. The van der Waals surface area contributed by atoms with Gasteiger partial charge in [-0.05, 0) is 65.8 Å². The highest BCUT2D eigenvalue weighted by molar-refractivity contribution is 5.92. The van der Waals surface area contributed by atoms with E-state index >= 15 is 0 Å². The summed E-state index contributed by atoms with van der Waals surface area (Å²) in [5.74, 6) is -0.236. The van der Waals surface area contributed by atoms with Crippen LogP contribution in [-0.2, 0) is 23.2 Å². The van der Waals surface area contributed by atoms with Crippen molar-refractivity contribution in [2.45, 2.75) is 51.5 Å². The van der Waals surface area contributed by atoms with Gasteiger partial charge in [-0.2, -0.15) is 0 Å². The lowest BCUT2D eigenvalue weighted by molar-refractivity contribution is -0.274. The average Bonchev–Trinajstić information content (AvgIpc) is 3.12. The first kappa shape index (κ1) is 21.7. The van der Waals surface area contributed by atoms with Gasteiger partial charge in [0.05, 0.1) is 12.3 Å². The predicted molar refractivity (Wildman–Crippen MR) is 113 cm³/mol. The molecular weight excluding hydrogens is 407 g/mol. The normalized spacial score (nSPS) is 18.9. The molecule has 1 aromatic heterocycles. The molecule has 31 heavy (non-hydrogen) atoms. The smallest absolute Gasteiger partial charge is 0.406 e. The molecule has 166 valence electrons. The number of rotatable bonds is 6. The van der Waals surface area contributed by atoms with Crippen LogP contribution in [0.3, 0.4) is 0 Å². The molecule has 0 fully saturated rings. The van der Waals surface area contributed by atoms with E-state index < -0.39 is 12.0 Å². The summed E-state index contributed by atoms with van der Waals surface area (Å²) in [5, 5.41) is 10.7. The summed E-state index contributed by atoms with van der Waals surface area (Å²) in [7, 11) is 0. The molecule has 7 heteroatoms. The molecule has 0 aliphatic carbocycles. The van der Waals surface area contributed by atoms with Crippen molar-refractivity contribution >= 4 is 10.9 Å². The third-order valence-electron chi connectivity index (χ3n) is 6.15. The van der Waals surface area contributed by atoms with E-state index in [4.69, 9.17) is 4.74 Å². The van der Waals surface area contributed by atoms with Crippen LogP contribution < -0.4 is 4.74 Å². The number of hydrogen-bond acceptors (Lipinski definition) is 3. The van der Waals surface area contributed by atoms with Crippen molar-refractivity contribution < 1.29 is 27.8 Å². The number of H-pyrrole nitrogens is 1. The monoisotopic (exact) mass is 433 g/mol. The molecule has 1 unspecified atom stereocenters. The molecule has 0 radical (unpaired) electrons. The molecule has 3 aromatic rings. The van der Waals surface area contributed by atoms with Crippen LogP contribution in [0.15, 0.2) is 36.4 Å². The molecule has 2 heterocycles. The van der Waals surface area contributed by atoms with Crippen LogP contribution >= 0.6 is 0 Å². The van der Waals surface area contributed by atoms with Crippen molar-refractivity contribution in [1.82, 2.24) is 4.98 Å². The number of aryl methyl sites for hydroxylation is 1. The van der Waals surface area contributed by atoms with Gasteiger partial charge in [-0.3, -0.25) is 0 Å². The summed E-state index contributed by atoms with van der Waals surface area (Å²) < 4.78 is 48.2. The van der Waals surface area contributed by atoms with Crippen molar-refractivity contribution in [3.63, 3.8) is 0 Å². The van der Waals surface area contributed by atoms with E-state index in [0.29, 0.717) is 18.6 Å². The Balaban J connectivity index is 1.86. The van der Waals surface area contributed by atoms with E-state index in [2.05, 4.69) is 23.6 Å². The molecule has 1 atom stereocenters. The second-order valence-corrected chi connectivity index (χ2v) is 7.89. The summed E-state index contributed by atoms with van der Waals surface area (Å²) in [6, 6.07) is 10.1. The van der Waals surface area contributed by atoms with Gasteiger partial charge in [0, 0.05) is 23.9 Å². The van der Waals surface area contributed by atoms with Crippen LogP contribution in [0.25, 0.3) is 22.0 Å². The molecule has 1 aliphatic heterocycles. The minimum Gasteiger partial charge on any atom is -0.406 e. The number of fused-ring (bicyclic) bond motifs is 3. The number of benzene rings is 2. The molecule has 2 N–H and O–H groups in total. The number of ether oxygens (including phenoxy) is 2. The Kier molecular flexibility index (Phi) is 5.75. The highest BCUT2D eigenvalue weighted by atomic mass is 19.4. The molecule has 4 rings (SSSR count). The van der Waals surface area contributed by atoms with Crippen molar-refractivity contribution in [3.8, 4) is 16.9 Å². The van der Waals surface area contributed by atoms with Gasteiger partial charge in [0.2, 0.25) is 0 Å². The minimum absolute atomic E-state index is 0.0283. The average molecular weight is 433 g/mol. The Morgan fingerprint density at radius 2 is 1.97 bits per heavy atom. The summed E-state index contributed by atoms with van der Waals surface area (Å²) in [4.78, 5) is 3.57. The molecule has 0 saturated heterocycles. The molecule has 2 aromatic carbocycles. The van der Waals surface area contributed by atoms with Crippen molar-refractivity contribution in [2.24, 2.45) is 0 Å². The zero-order valence-corrected chi connectivity index (χ0v) is 17.6. The predicted octanol–water partition coefficient (Wildman–Crippen LogP) is 5.86. The Morgan fingerprint density at radius 3 is 2.65 bits per heavy atom. The highest BCUT2D eigenvalue weighted by Gasteiger charge is 2.38. The lowest BCUT2D eigenvalue weighted by atomic mass is 9.86. The number of aromatic nitrogens is 1. The van der Waals surface area contributed by atoms with Gasteiger partial charge in [-0.15, -0.1) is 13.2 Å².